The maximum Gasteiger partial charge on any atom is 0.298 e. The Bertz CT molecular complexity index is 105. The highest BCUT2D eigenvalue weighted by molar-refractivity contribution is 4.82. The lowest BCUT2D eigenvalue weighted by atomic mass is 10.2. The van der Waals surface area contributed by atoms with E-state index < -0.39 is 18.6 Å². The van der Waals surface area contributed by atoms with Crippen LogP contribution in [0.15, 0.2) is 0 Å². The van der Waals surface area contributed by atoms with E-state index in [1.54, 1.807) is 0 Å². The first-order valence-corrected chi connectivity index (χ1v) is 2.65. The monoisotopic (exact) mass is 138 g/mol. The van der Waals surface area contributed by atoms with Gasteiger partial charge >= 0.3 is 0 Å². The van der Waals surface area contributed by atoms with E-state index in [0.29, 0.717) is 0 Å². The molecule has 1 aliphatic heterocycles. The number of halogens is 2. The van der Waals surface area contributed by atoms with Crippen molar-refractivity contribution in [3.63, 3.8) is 0 Å². The van der Waals surface area contributed by atoms with Gasteiger partial charge in [-0.3, -0.25) is 0 Å². The van der Waals surface area contributed by atoms with Crippen LogP contribution in [-0.2, 0) is 9.47 Å². The maximum atomic E-state index is 12.4. The summed E-state index contributed by atoms with van der Waals surface area (Å²) in [5.74, 6) is -2.78. The first-order valence-electron chi connectivity index (χ1n) is 2.65. The van der Waals surface area contributed by atoms with E-state index in [1.807, 2.05) is 0 Å². The molecule has 9 heavy (non-hydrogen) atoms. The smallest absolute Gasteiger partial charge is 0.298 e. The summed E-state index contributed by atoms with van der Waals surface area (Å²) in [6.07, 6.45) is -1.04. The molecule has 0 aromatic rings. The molecule has 0 radical (unpaired) electrons. The summed E-state index contributed by atoms with van der Waals surface area (Å²) in [7, 11) is 1.26. The third-order valence-electron chi connectivity index (χ3n) is 1.32. The molecule has 2 nitrogen and oxygen atoms in total. The summed E-state index contributed by atoms with van der Waals surface area (Å²) in [5, 5.41) is 0. The molecule has 1 atom stereocenters. The predicted molar refractivity (Wildman–Crippen MR) is 26.6 cm³/mol. The van der Waals surface area contributed by atoms with Crippen LogP contribution in [-0.4, -0.2) is 32.4 Å². The fourth-order valence-electron chi connectivity index (χ4n) is 0.757. The largest absolute Gasteiger partial charge is 0.373 e. The van der Waals surface area contributed by atoms with Gasteiger partial charge in [-0.1, -0.05) is 0 Å². The number of methoxy groups -OCH3 is 1. The molecule has 1 saturated heterocycles. The Hall–Kier alpha value is -0.220. The second-order valence-electron chi connectivity index (χ2n) is 2.00. The molecule has 54 valence electrons. The van der Waals surface area contributed by atoms with Crippen LogP contribution in [0, 0.1) is 0 Å². The summed E-state index contributed by atoms with van der Waals surface area (Å²) >= 11 is 0. The van der Waals surface area contributed by atoms with Gasteiger partial charge in [0.1, 0.15) is 12.7 Å². The van der Waals surface area contributed by atoms with Crippen molar-refractivity contribution in [2.75, 3.05) is 20.3 Å². The van der Waals surface area contributed by atoms with E-state index in [4.69, 9.17) is 0 Å². The number of hydrogen-bond acceptors (Lipinski definition) is 2. The van der Waals surface area contributed by atoms with Crippen LogP contribution >= 0.6 is 0 Å². The quantitative estimate of drug-likeness (QED) is 0.530. The highest BCUT2D eigenvalue weighted by Crippen LogP contribution is 2.26. The van der Waals surface area contributed by atoms with Gasteiger partial charge in [0.05, 0.1) is 6.61 Å². The molecule has 0 spiro atoms. The van der Waals surface area contributed by atoms with Crippen molar-refractivity contribution in [1.82, 2.24) is 0 Å². The molecule has 0 bridgehead atoms. The first kappa shape index (κ1) is 6.89. The van der Waals surface area contributed by atoms with Crippen LogP contribution in [0.4, 0.5) is 8.78 Å². The topological polar surface area (TPSA) is 18.5 Å². The Labute approximate surface area is 51.8 Å². The molecule has 0 amide bonds. The summed E-state index contributed by atoms with van der Waals surface area (Å²) in [4.78, 5) is 0. The molecular weight excluding hydrogens is 130 g/mol. The SMILES string of the molecule is COC1COCC1(F)F. The van der Waals surface area contributed by atoms with Crippen LogP contribution < -0.4 is 0 Å². The molecule has 1 heterocycles. The molecule has 4 heteroatoms. The molecule has 0 aromatic carbocycles. The Balaban J connectivity index is 2.52. The molecule has 0 saturated carbocycles. The van der Waals surface area contributed by atoms with Crippen molar-refractivity contribution < 1.29 is 18.3 Å². The van der Waals surface area contributed by atoms with Gasteiger partial charge in [-0.05, 0) is 0 Å². The van der Waals surface area contributed by atoms with Crippen LogP contribution in [0.2, 0.25) is 0 Å². The maximum absolute atomic E-state index is 12.4. The molecule has 1 rings (SSSR count). The van der Waals surface area contributed by atoms with Gasteiger partial charge in [-0.15, -0.1) is 0 Å². The summed E-state index contributed by atoms with van der Waals surface area (Å²) in [5.41, 5.74) is 0. The fraction of sp³-hybridized carbons (Fsp3) is 1.00. The third-order valence-corrected chi connectivity index (χ3v) is 1.32. The zero-order chi connectivity index (χ0) is 6.91. The van der Waals surface area contributed by atoms with Gasteiger partial charge in [0.2, 0.25) is 0 Å². The van der Waals surface area contributed by atoms with Crippen LogP contribution in [0.25, 0.3) is 0 Å². The number of alkyl halides is 2. The van der Waals surface area contributed by atoms with E-state index in [1.165, 1.54) is 7.11 Å². The van der Waals surface area contributed by atoms with Crippen molar-refractivity contribution in [2.24, 2.45) is 0 Å². The van der Waals surface area contributed by atoms with E-state index in [0.717, 1.165) is 0 Å². The first-order chi connectivity index (χ1) is 4.17. The molecular formula is C5H8F2O2. The van der Waals surface area contributed by atoms with Crippen LogP contribution in [0.1, 0.15) is 0 Å². The minimum Gasteiger partial charge on any atom is -0.373 e. The van der Waals surface area contributed by atoms with Crippen molar-refractivity contribution >= 4 is 0 Å². The van der Waals surface area contributed by atoms with Gasteiger partial charge in [0, 0.05) is 7.11 Å². The second kappa shape index (κ2) is 2.19. The Morgan fingerprint density at radius 1 is 1.67 bits per heavy atom. The molecule has 1 fully saturated rings. The lowest BCUT2D eigenvalue weighted by Gasteiger charge is -2.13. The minimum atomic E-state index is -2.78. The minimum absolute atomic E-state index is 0.00347. The summed E-state index contributed by atoms with van der Waals surface area (Å²) in [6, 6.07) is 0. The molecule has 0 aromatic heterocycles. The summed E-state index contributed by atoms with van der Waals surface area (Å²) < 4.78 is 33.7. The third kappa shape index (κ3) is 1.19. The fourth-order valence-corrected chi connectivity index (χ4v) is 0.757. The van der Waals surface area contributed by atoms with E-state index in [2.05, 4.69) is 9.47 Å². The Morgan fingerprint density at radius 3 is 2.56 bits per heavy atom. The normalized spacial score (nSPS) is 33.0. The molecule has 0 N–H and O–H groups in total. The predicted octanol–water partition coefficient (Wildman–Crippen LogP) is 0.667. The Morgan fingerprint density at radius 2 is 2.33 bits per heavy atom. The average molecular weight is 138 g/mol. The van der Waals surface area contributed by atoms with Gasteiger partial charge in [0.25, 0.3) is 5.92 Å². The van der Waals surface area contributed by atoms with Gasteiger partial charge in [-0.2, -0.15) is 0 Å². The second-order valence-corrected chi connectivity index (χ2v) is 2.00. The van der Waals surface area contributed by atoms with Crippen molar-refractivity contribution in [2.45, 2.75) is 12.0 Å². The van der Waals surface area contributed by atoms with Gasteiger partial charge in [-0.25, -0.2) is 8.78 Å². The zero-order valence-electron chi connectivity index (χ0n) is 5.06. The number of rotatable bonds is 1. The Kier molecular flexibility index (Phi) is 1.68. The van der Waals surface area contributed by atoms with Gasteiger partial charge < -0.3 is 9.47 Å². The standard InChI is InChI=1S/C5H8F2O2/c1-8-4-2-9-3-5(4,6)7/h4H,2-3H2,1H3. The van der Waals surface area contributed by atoms with E-state index in [-0.39, 0.29) is 6.61 Å². The zero-order valence-corrected chi connectivity index (χ0v) is 5.06. The highest BCUT2D eigenvalue weighted by atomic mass is 19.3. The van der Waals surface area contributed by atoms with Gasteiger partial charge in [0.15, 0.2) is 0 Å². The molecule has 0 aliphatic carbocycles. The van der Waals surface area contributed by atoms with E-state index in [9.17, 15) is 8.78 Å². The van der Waals surface area contributed by atoms with Crippen molar-refractivity contribution in [3.8, 4) is 0 Å². The lowest BCUT2D eigenvalue weighted by Crippen LogP contribution is -2.32. The lowest BCUT2D eigenvalue weighted by molar-refractivity contribution is -0.0916. The number of ether oxygens (including phenoxy) is 2. The van der Waals surface area contributed by atoms with Crippen LogP contribution in [0.5, 0.6) is 0 Å². The van der Waals surface area contributed by atoms with Crippen molar-refractivity contribution in [3.05, 3.63) is 0 Å². The molecule has 1 aliphatic rings. The van der Waals surface area contributed by atoms with E-state index >= 15 is 0 Å². The molecule has 1 unspecified atom stereocenters. The van der Waals surface area contributed by atoms with Crippen LogP contribution in [0.3, 0.4) is 0 Å². The summed E-state index contributed by atoms with van der Waals surface area (Å²) in [6.45, 7) is -0.505. The van der Waals surface area contributed by atoms with Crippen molar-refractivity contribution in [1.29, 1.82) is 0 Å². The average Bonchev–Trinajstić information content (AvgIpc) is 2.08. The number of hydrogen-bond donors (Lipinski definition) is 0. The highest BCUT2D eigenvalue weighted by Gasteiger charge is 2.45.